The SMILES string of the molecule is CC(C)(C)c1csc(CNC(=O)CCN2CCCCCC2=O)n1. The minimum atomic E-state index is -0.0189. The third-order valence-electron chi connectivity index (χ3n) is 4.04. The summed E-state index contributed by atoms with van der Waals surface area (Å²) in [4.78, 5) is 30.3. The molecule has 0 unspecified atom stereocenters. The molecule has 5 nitrogen and oxygen atoms in total. The maximum Gasteiger partial charge on any atom is 0.222 e. The lowest BCUT2D eigenvalue weighted by Gasteiger charge is -2.19. The second-order valence-electron chi connectivity index (χ2n) is 7.09. The van der Waals surface area contributed by atoms with E-state index in [4.69, 9.17) is 0 Å². The first-order valence-corrected chi connectivity index (χ1v) is 9.23. The van der Waals surface area contributed by atoms with Crippen molar-refractivity contribution >= 4 is 23.2 Å². The Bertz CT molecular complexity index is 548. The summed E-state index contributed by atoms with van der Waals surface area (Å²) in [6, 6.07) is 0. The second kappa shape index (κ2) is 7.90. The summed E-state index contributed by atoms with van der Waals surface area (Å²) in [6.45, 7) is 8.16. The molecule has 6 heteroatoms. The van der Waals surface area contributed by atoms with E-state index >= 15 is 0 Å². The van der Waals surface area contributed by atoms with Crippen LogP contribution >= 0.6 is 11.3 Å². The zero-order valence-electron chi connectivity index (χ0n) is 14.4. The van der Waals surface area contributed by atoms with Gasteiger partial charge in [0.2, 0.25) is 11.8 Å². The van der Waals surface area contributed by atoms with Crippen LogP contribution in [0, 0.1) is 0 Å². The minimum Gasteiger partial charge on any atom is -0.350 e. The van der Waals surface area contributed by atoms with Crippen LogP contribution < -0.4 is 5.32 Å². The predicted octanol–water partition coefficient (Wildman–Crippen LogP) is 2.85. The summed E-state index contributed by atoms with van der Waals surface area (Å²) in [5.74, 6) is 0.166. The van der Waals surface area contributed by atoms with Crippen molar-refractivity contribution in [3.63, 3.8) is 0 Å². The Morgan fingerprint density at radius 3 is 2.83 bits per heavy atom. The number of hydrogen-bond acceptors (Lipinski definition) is 4. The second-order valence-corrected chi connectivity index (χ2v) is 8.04. The van der Waals surface area contributed by atoms with E-state index in [0.29, 0.717) is 25.9 Å². The van der Waals surface area contributed by atoms with Crippen LogP contribution in [0.5, 0.6) is 0 Å². The van der Waals surface area contributed by atoms with E-state index in [1.807, 2.05) is 4.90 Å². The molecule has 0 aromatic carbocycles. The van der Waals surface area contributed by atoms with Gasteiger partial charge in [-0.15, -0.1) is 11.3 Å². The Kier molecular flexibility index (Phi) is 6.16. The first-order valence-electron chi connectivity index (χ1n) is 8.35. The third-order valence-corrected chi connectivity index (χ3v) is 4.89. The highest BCUT2D eigenvalue weighted by atomic mass is 32.1. The van der Waals surface area contributed by atoms with Gasteiger partial charge in [0.05, 0.1) is 12.2 Å². The number of hydrogen-bond donors (Lipinski definition) is 1. The topological polar surface area (TPSA) is 62.3 Å². The molecule has 0 radical (unpaired) electrons. The van der Waals surface area contributed by atoms with Crippen LogP contribution in [-0.4, -0.2) is 34.8 Å². The van der Waals surface area contributed by atoms with Gasteiger partial charge in [-0.05, 0) is 12.8 Å². The quantitative estimate of drug-likeness (QED) is 0.898. The first kappa shape index (κ1) is 17.9. The summed E-state index contributed by atoms with van der Waals surface area (Å²) in [5, 5.41) is 5.88. The van der Waals surface area contributed by atoms with Crippen molar-refractivity contribution < 1.29 is 9.59 Å². The number of likely N-dealkylation sites (tertiary alicyclic amines) is 1. The Morgan fingerprint density at radius 1 is 1.35 bits per heavy atom. The Labute approximate surface area is 142 Å². The Morgan fingerprint density at radius 2 is 2.13 bits per heavy atom. The third kappa shape index (κ3) is 5.61. The highest BCUT2D eigenvalue weighted by Gasteiger charge is 2.19. The number of rotatable bonds is 5. The molecule has 128 valence electrons. The highest BCUT2D eigenvalue weighted by Crippen LogP contribution is 2.23. The van der Waals surface area contributed by atoms with E-state index in [2.05, 4.69) is 36.5 Å². The van der Waals surface area contributed by atoms with E-state index in [0.717, 1.165) is 36.5 Å². The van der Waals surface area contributed by atoms with Gasteiger partial charge >= 0.3 is 0 Å². The fourth-order valence-corrected chi connectivity index (χ4v) is 3.47. The standard InChI is InChI=1S/C17H27N3O2S/c1-17(2,3)13-12-23-15(19-13)11-18-14(21)8-10-20-9-6-4-5-7-16(20)22/h12H,4-11H2,1-3H3,(H,18,21). The van der Waals surface area contributed by atoms with Gasteiger partial charge in [0.15, 0.2) is 0 Å². The molecule has 2 heterocycles. The van der Waals surface area contributed by atoms with Crippen LogP contribution in [-0.2, 0) is 21.5 Å². The Hall–Kier alpha value is -1.43. The van der Waals surface area contributed by atoms with Crippen molar-refractivity contribution in [1.29, 1.82) is 0 Å². The van der Waals surface area contributed by atoms with Crippen LogP contribution in [0.4, 0.5) is 0 Å². The number of thiazole rings is 1. The summed E-state index contributed by atoms with van der Waals surface area (Å²) < 4.78 is 0. The molecule has 1 aliphatic heterocycles. The smallest absolute Gasteiger partial charge is 0.222 e. The van der Waals surface area contributed by atoms with E-state index in [9.17, 15) is 9.59 Å². The molecule has 1 aromatic heterocycles. The number of nitrogens with zero attached hydrogens (tertiary/aromatic N) is 2. The van der Waals surface area contributed by atoms with Crippen molar-refractivity contribution in [3.05, 3.63) is 16.1 Å². The number of nitrogens with one attached hydrogen (secondary N) is 1. The zero-order valence-corrected chi connectivity index (χ0v) is 15.2. The van der Waals surface area contributed by atoms with Gasteiger partial charge < -0.3 is 10.2 Å². The molecule has 1 aromatic rings. The van der Waals surface area contributed by atoms with Gasteiger partial charge in [0.25, 0.3) is 0 Å². The lowest BCUT2D eigenvalue weighted by atomic mass is 9.93. The lowest BCUT2D eigenvalue weighted by molar-refractivity contribution is -0.131. The molecule has 0 aliphatic carbocycles. The summed E-state index contributed by atoms with van der Waals surface area (Å²) >= 11 is 1.58. The van der Waals surface area contributed by atoms with E-state index in [1.165, 1.54) is 0 Å². The summed E-state index contributed by atoms with van der Waals surface area (Å²) in [5.41, 5.74) is 1.09. The normalized spacial score (nSPS) is 16.3. The van der Waals surface area contributed by atoms with Crippen molar-refractivity contribution in [1.82, 2.24) is 15.2 Å². The molecule has 1 aliphatic rings. The van der Waals surface area contributed by atoms with E-state index < -0.39 is 0 Å². The molecule has 2 rings (SSSR count). The molecular formula is C17H27N3O2S. The van der Waals surface area contributed by atoms with Gasteiger partial charge in [-0.25, -0.2) is 4.98 Å². The fourth-order valence-electron chi connectivity index (χ4n) is 2.51. The van der Waals surface area contributed by atoms with Crippen LogP contribution in [0.25, 0.3) is 0 Å². The number of aromatic nitrogens is 1. The van der Waals surface area contributed by atoms with Gasteiger partial charge in [-0.3, -0.25) is 9.59 Å². The van der Waals surface area contributed by atoms with Crippen molar-refractivity contribution in [3.8, 4) is 0 Å². The van der Waals surface area contributed by atoms with E-state index in [-0.39, 0.29) is 17.2 Å². The maximum absolute atomic E-state index is 12.0. The van der Waals surface area contributed by atoms with Crippen molar-refractivity contribution in [2.24, 2.45) is 0 Å². The van der Waals surface area contributed by atoms with Gasteiger partial charge in [-0.2, -0.15) is 0 Å². The van der Waals surface area contributed by atoms with Gasteiger partial charge in [0.1, 0.15) is 5.01 Å². The molecule has 1 N–H and O–H groups in total. The molecule has 1 saturated heterocycles. The van der Waals surface area contributed by atoms with Crippen LogP contribution in [0.3, 0.4) is 0 Å². The molecule has 0 saturated carbocycles. The summed E-state index contributed by atoms with van der Waals surface area (Å²) in [7, 11) is 0. The predicted molar refractivity (Wildman–Crippen MR) is 92.3 cm³/mol. The lowest BCUT2D eigenvalue weighted by Crippen LogP contribution is -2.34. The molecule has 0 spiro atoms. The van der Waals surface area contributed by atoms with Crippen LogP contribution in [0.2, 0.25) is 0 Å². The minimum absolute atomic E-state index is 0.0189. The average molecular weight is 337 g/mol. The van der Waals surface area contributed by atoms with Gasteiger partial charge in [-0.1, -0.05) is 27.2 Å². The molecule has 0 bridgehead atoms. The highest BCUT2D eigenvalue weighted by molar-refractivity contribution is 7.09. The zero-order chi connectivity index (χ0) is 16.9. The van der Waals surface area contributed by atoms with Gasteiger partial charge in [0, 0.05) is 36.7 Å². The molecule has 23 heavy (non-hydrogen) atoms. The molecular weight excluding hydrogens is 310 g/mol. The number of amides is 2. The Balaban J connectivity index is 1.74. The maximum atomic E-state index is 12.0. The number of carbonyl (C=O) groups is 2. The summed E-state index contributed by atoms with van der Waals surface area (Å²) in [6.07, 6.45) is 4.11. The van der Waals surface area contributed by atoms with Crippen molar-refractivity contribution in [2.75, 3.05) is 13.1 Å². The van der Waals surface area contributed by atoms with Crippen LogP contribution in [0.1, 0.15) is 63.6 Å². The first-order chi connectivity index (χ1) is 10.9. The van der Waals surface area contributed by atoms with Crippen molar-refractivity contribution in [2.45, 2.75) is 64.8 Å². The van der Waals surface area contributed by atoms with Crippen LogP contribution in [0.15, 0.2) is 5.38 Å². The molecule has 0 atom stereocenters. The molecule has 1 fully saturated rings. The largest absolute Gasteiger partial charge is 0.350 e. The van der Waals surface area contributed by atoms with E-state index in [1.54, 1.807) is 11.3 Å². The monoisotopic (exact) mass is 337 g/mol. The molecule has 2 amide bonds. The fraction of sp³-hybridized carbons (Fsp3) is 0.706. The number of carbonyl (C=O) groups excluding carboxylic acids is 2. The average Bonchev–Trinajstić information content (AvgIpc) is 2.87.